The van der Waals surface area contributed by atoms with Gasteiger partial charge in [0.15, 0.2) is 0 Å². The first-order valence-corrected chi connectivity index (χ1v) is 6.99. The highest BCUT2D eigenvalue weighted by molar-refractivity contribution is 14.1. The van der Waals surface area contributed by atoms with Gasteiger partial charge in [-0.15, -0.1) is 5.92 Å². The minimum absolute atomic E-state index is 0.0245. The molecule has 1 aromatic carbocycles. The van der Waals surface area contributed by atoms with E-state index in [-0.39, 0.29) is 5.75 Å². The van der Waals surface area contributed by atoms with Gasteiger partial charge in [0, 0.05) is 0 Å². The van der Waals surface area contributed by atoms with Gasteiger partial charge in [0.05, 0.1) is 14.2 Å². The van der Waals surface area contributed by atoms with Crippen LogP contribution in [0, 0.1) is 15.4 Å². The number of hydrogen-bond donors (Lipinski definition) is 2. The third-order valence-electron chi connectivity index (χ3n) is 1.52. The summed E-state index contributed by atoms with van der Waals surface area (Å²) in [5, 5.41) is 0.455. The minimum atomic E-state index is -4.59. The van der Waals surface area contributed by atoms with Gasteiger partial charge in [-0.1, -0.05) is 17.5 Å². The second-order valence-electron chi connectivity index (χ2n) is 2.69. The fourth-order valence-corrected chi connectivity index (χ4v) is 2.12. The predicted octanol–water partition coefficient (Wildman–Crippen LogP) is 2.79. The van der Waals surface area contributed by atoms with Crippen LogP contribution in [0.25, 0.3) is 0 Å². The molecule has 0 spiro atoms. The van der Waals surface area contributed by atoms with E-state index in [2.05, 4.69) is 16.4 Å². The Balaban J connectivity index is 3.33. The average Bonchev–Trinajstić information content (AvgIpc) is 2.15. The lowest BCUT2D eigenvalue weighted by molar-refractivity contribution is 0.283. The molecule has 0 aromatic heterocycles. The van der Waals surface area contributed by atoms with Gasteiger partial charge in [-0.25, -0.2) is 4.57 Å². The molecule has 16 heavy (non-hydrogen) atoms. The minimum Gasteiger partial charge on any atom is -0.403 e. The third kappa shape index (κ3) is 3.65. The Hall–Kier alpha value is -0.250. The van der Waals surface area contributed by atoms with Crippen molar-refractivity contribution < 1.29 is 18.9 Å². The molecule has 0 radical (unpaired) electrons. The molecule has 7 heteroatoms. The molecule has 0 saturated carbocycles. The highest BCUT2D eigenvalue weighted by Crippen LogP contribution is 2.41. The molecule has 0 bridgehead atoms. The van der Waals surface area contributed by atoms with Crippen LogP contribution in [0.1, 0.15) is 12.5 Å². The van der Waals surface area contributed by atoms with Gasteiger partial charge in [-0.2, -0.15) is 0 Å². The van der Waals surface area contributed by atoms with Crippen LogP contribution in [-0.4, -0.2) is 9.79 Å². The van der Waals surface area contributed by atoms with Crippen molar-refractivity contribution in [1.82, 2.24) is 0 Å². The second kappa shape index (κ2) is 5.39. The van der Waals surface area contributed by atoms with Crippen molar-refractivity contribution >= 4 is 42.0 Å². The van der Waals surface area contributed by atoms with E-state index in [4.69, 9.17) is 21.4 Å². The summed E-state index contributed by atoms with van der Waals surface area (Å²) in [6.07, 6.45) is 0. The van der Waals surface area contributed by atoms with Crippen molar-refractivity contribution in [2.45, 2.75) is 6.92 Å². The Morgan fingerprint density at radius 3 is 2.62 bits per heavy atom. The van der Waals surface area contributed by atoms with Gasteiger partial charge >= 0.3 is 7.82 Å². The van der Waals surface area contributed by atoms with Crippen LogP contribution >= 0.6 is 42.0 Å². The molecule has 2 N–H and O–H groups in total. The van der Waals surface area contributed by atoms with E-state index < -0.39 is 7.82 Å². The number of halogens is 2. The van der Waals surface area contributed by atoms with Crippen molar-refractivity contribution in [2.24, 2.45) is 0 Å². The molecule has 0 aliphatic carbocycles. The zero-order chi connectivity index (χ0) is 12.3. The standard InChI is InChI=1S/C9H7ClIO4P/c1-2-3-6-8(15-16(12,13)14)5-4-7(10)9(6)11/h4-5H,1H3,(H2,12,13,14). The Labute approximate surface area is 111 Å². The highest BCUT2D eigenvalue weighted by Gasteiger charge is 2.19. The van der Waals surface area contributed by atoms with Gasteiger partial charge in [0.25, 0.3) is 0 Å². The molecule has 0 fully saturated rings. The molecule has 1 rings (SSSR count). The fraction of sp³-hybridized carbons (Fsp3) is 0.111. The summed E-state index contributed by atoms with van der Waals surface area (Å²) in [6, 6.07) is 2.87. The lowest BCUT2D eigenvalue weighted by atomic mass is 10.2. The van der Waals surface area contributed by atoms with Crippen molar-refractivity contribution in [2.75, 3.05) is 0 Å². The summed E-state index contributed by atoms with van der Waals surface area (Å²) in [6.45, 7) is 1.61. The molecule has 0 heterocycles. The first-order chi connectivity index (χ1) is 7.35. The lowest BCUT2D eigenvalue weighted by Crippen LogP contribution is -1.95. The number of phosphoric ester groups is 1. The quantitative estimate of drug-likeness (QED) is 0.476. The van der Waals surface area contributed by atoms with Crippen LogP contribution < -0.4 is 4.52 Å². The molecule has 0 amide bonds. The second-order valence-corrected chi connectivity index (χ2v) is 5.34. The lowest BCUT2D eigenvalue weighted by Gasteiger charge is -2.10. The van der Waals surface area contributed by atoms with Gasteiger partial charge in [-0.3, -0.25) is 9.79 Å². The number of hydrogen-bond acceptors (Lipinski definition) is 2. The number of benzene rings is 1. The molecule has 0 saturated heterocycles. The summed E-state index contributed by atoms with van der Waals surface area (Å²) in [5.74, 6) is 5.35. The van der Waals surface area contributed by atoms with Gasteiger partial charge in [-0.05, 0) is 41.6 Å². The highest BCUT2D eigenvalue weighted by atomic mass is 127. The van der Waals surface area contributed by atoms with Crippen molar-refractivity contribution in [1.29, 1.82) is 0 Å². The molecule has 4 nitrogen and oxygen atoms in total. The summed E-state index contributed by atoms with van der Waals surface area (Å²) >= 11 is 7.81. The number of rotatable bonds is 2. The normalized spacial score (nSPS) is 10.6. The summed E-state index contributed by atoms with van der Waals surface area (Å²) < 4.78 is 15.9. The Kier molecular flexibility index (Phi) is 4.65. The Morgan fingerprint density at radius 2 is 2.12 bits per heavy atom. The van der Waals surface area contributed by atoms with E-state index in [0.29, 0.717) is 14.2 Å². The average molecular weight is 372 g/mol. The molecule has 0 atom stereocenters. The van der Waals surface area contributed by atoms with E-state index in [9.17, 15) is 4.57 Å². The summed E-state index contributed by atoms with van der Waals surface area (Å²) in [4.78, 5) is 17.5. The SMILES string of the molecule is CC#Cc1c(OP(=O)(O)O)ccc(Cl)c1I. The largest absolute Gasteiger partial charge is 0.524 e. The molecule has 0 aliphatic rings. The molecular weight excluding hydrogens is 365 g/mol. The topological polar surface area (TPSA) is 66.8 Å². The number of phosphoric acid groups is 1. The summed E-state index contributed by atoms with van der Waals surface area (Å²) in [5.41, 5.74) is 0.374. The monoisotopic (exact) mass is 372 g/mol. The van der Waals surface area contributed by atoms with Crippen LogP contribution in [0.4, 0.5) is 0 Å². The van der Waals surface area contributed by atoms with E-state index in [1.165, 1.54) is 12.1 Å². The Bertz CT molecular complexity index is 514. The van der Waals surface area contributed by atoms with Crippen LogP contribution in [0.2, 0.25) is 5.02 Å². The molecular formula is C9H7ClIO4P. The van der Waals surface area contributed by atoms with Gasteiger partial charge < -0.3 is 4.52 Å². The first kappa shape index (κ1) is 13.8. The van der Waals surface area contributed by atoms with Crippen molar-refractivity contribution in [3.8, 4) is 17.6 Å². The van der Waals surface area contributed by atoms with Crippen molar-refractivity contribution in [3.05, 3.63) is 26.3 Å². The van der Waals surface area contributed by atoms with Crippen LogP contribution in [0.15, 0.2) is 12.1 Å². The van der Waals surface area contributed by atoms with Crippen LogP contribution in [0.5, 0.6) is 5.75 Å². The Morgan fingerprint density at radius 1 is 1.50 bits per heavy atom. The third-order valence-corrected chi connectivity index (χ3v) is 3.71. The zero-order valence-electron chi connectivity index (χ0n) is 8.07. The molecule has 86 valence electrons. The van der Waals surface area contributed by atoms with E-state index >= 15 is 0 Å². The molecule has 1 aromatic rings. The fourth-order valence-electron chi connectivity index (χ4n) is 0.979. The van der Waals surface area contributed by atoms with Crippen LogP contribution in [-0.2, 0) is 4.57 Å². The maximum absolute atomic E-state index is 10.7. The maximum Gasteiger partial charge on any atom is 0.524 e. The summed E-state index contributed by atoms with van der Waals surface area (Å²) in [7, 11) is -4.59. The predicted molar refractivity (Wildman–Crippen MR) is 69.4 cm³/mol. The van der Waals surface area contributed by atoms with Gasteiger partial charge in [0.2, 0.25) is 0 Å². The van der Waals surface area contributed by atoms with E-state index in [1.54, 1.807) is 6.92 Å². The van der Waals surface area contributed by atoms with E-state index in [1.807, 2.05) is 22.6 Å². The van der Waals surface area contributed by atoms with Crippen molar-refractivity contribution in [3.63, 3.8) is 0 Å². The smallest absolute Gasteiger partial charge is 0.403 e. The molecule has 0 unspecified atom stereocenters. The maximum atomic E-state index is 10.7. The molecule has 0 aliphatic heterocycles. The van der Waals surface area contributed by atoms with E-state index in [0.717, 1.165) is 0 Å². The van der Waals surface area contributed by atoms with Gasteiger partial charge in [0.1, 0.15) is 5.75 Å². The first-order valence-electron chi connectivity index (χ1n) is 4.01. The van der Waals surface area contributed by atoms with Crippen LogP contribution in [0.3, 0.4) is 0 Å². The zero-order valence-corrected chi connectivity index (χ0v) is 11.9.